The van der Waals surface area contributed by atoms with Crippen molar-refractivity contribution < 1.29 is 9.90 Å². The van der Waals surface area contributed by atoms with Gasteiger partial charge in [-0.1, -0.05) is 18.2 Å². The first kappa shape index (κ1) is 14.1. The lowest BCUT2D eigenvalue weighted by Gasteiger charge is -2.10. The third kappa shape index (κ3) is 2.13. The van der Waals surface area contributed by atoms with Crippen molar-refractivity contribution in [3.05, 3.63) is 77.8 Å². The van der Waals surface area contributed by atoms with Gasteiger partial charge in [0.2, 0.25) is 11.4 Å². The van der Waals surface area contributed by atoms with E-state index in [0.29, 0.717) is 16.6 Å². The Morgan fingerprint density at radius 1 is 1.04 bits per heavy atom. The fourth-order valence-corrected chi connectivity index (χ4v) is 2.70. The monoisotopic (exact) mass is 316 g/mol. The second-order valence-corrected chi connectivity index (χ2v) is 5.32. The summed E-state index contributed by atoms with van der Waals surface area (Å²) in [4.78, 5) is 21.3. The zero-order chi connectivity index (χ0) is 16.7. The zero-order valence-corrected chi connectivity index (χ0v) is 12.5. The van der Waals surface area contributed by atoms with Crippen molar-refractivity contribution in [2.45, 2.75) is 0 Å². The van der Waals surface area contributed by atoms with Crippen molar-refractivity contribution in [1.82, 2.24) is 14.4 Å². The highest BCUT2D eigenvalue weighted by Crippen LogP contribution is 2.20. The molecule has 2 aromatic carbocycles. The van der Waals surface area contributed by atoms with E-state index in [9.17, 15) is 9.90 Å². The highest BCUT2D eigenvalue weighted by atomic mass is 16.3. The first-order valence-corrected chi connectivity index (χ1v) is 7.30. The summed E-state index contributed by atoms with van der Waals surface area (Å²) in [6.07, 6.45) is 1.54. The van der Waals surface area contributed by atoms with E-state index in [1.807, 2.05) is 24.3 Å². The minimum Gasteiger partial charge on any atom is -0.508 e. The zero-order valence-electron chi connectivity index (χ0n) is 12.5. The Hall–Kier alpha value is -3.54. The Morgan fingerprint density at radius 2 is 1.79 bits per heavy atom. The third-order valence-corrected chi connectivity index (χ3v) is 3.83. The van der Waals surface area contributed by atoms with Gasteiger partial charge in [0.1, 0.15) is 5.75 Å². The Morgan fingerprint density at radius 3 is 2.58 bits per heavy atom. The number of nitrogens with zero attached hydrogens (tertiary/aromatic N) is 3. The van der Waals surface area contributed by atoms with Gasteiger partial charge in [-0.25, -0.2) is 9.97 Å². The average molecular weight is 316 g/mol. The quantitative estimate of drug-likeness (QED) is 0.438. The molecule has 0 aliphatic heterocycles. The molecule has 2 N–H and O–H groups in total. The van der Waals surface area contributed by atoms with Crippen LogP contribution in [0, 0.1) is 5.41 Å². The molecule has 0 saturated carbocycles. The van der Waals surface area contributed by atoms with Gasteiger partial charge in [0.25, 0.3) is 0 Å². The van der Waals surface area contributed by atoms with E-state index < -0.39 is 0 Å². The van der Waals surface area contributed by atoms with Crippen molar-refractivity contribution in [1.29, 1.82) is 5.41 Å². The molecule has 4 rings (SSSR count). The summed E-state index contributed by atoms with van der Waals surface area (Å²) in [7, 11) is 0. The fraction of sp³-hybridized carbons (Fsp3) is 0. The number of fused-ring (bicyclic) bond motifs is 3. The van der Waals surface area contributed by atoms with Crippen molar-refractivity contribution in [3.63, 3.8) is 0 Å². The summed E-state index contributed by atoms with van der Waals surface area (Å²) >= 11 is 0. The van der Waals surface area contributed by atoms with Crippen molar-refractivity contribution in [2.24, 2.45) is 0 Å². The van der Waals surface area contributed by atoms with E-state index in [1.54, 1.807) is 12.3 Å². The molecule has 24 heavy (non-hydrogen) atoms. The predicted octanol–water partition coefficient (Wildman–Crippen LogP) is 2.30. The highest BCUT2D eigenvalue weighted by Gasteiger charge is 2.17. The SMILES string of the molecule is N=c1nccc2c3ccccc3nc(C(=O)c3ccc(O)cc3)n12. The van der Waals surface area contributed by atoms with E-state index in [2.05, 4.69) is 9.97 Å². The van der Waals surface area contributed by atoms with E-state index in [1.165, 1.54) is 28.7 Å². The molecule has 0 fully saturated rings. The second kappa shape index (κ2) is 5.27. The molecule has 0 saturated heterocycles. The molecular weight excluding hydrogens is 304 g/mol. The van der Waals surface area contributed by atoms with Crippen LogP contribution < -0.4 is 5.62 Å². The van der Waals surface area contributed by atoms with Crippen LogP contribution >= 0.6 is 0 Å². The molecule has 116 valence electrons. The number of aromatic nitrogens is 3. The standard InChI is InChI=1S/C18H12N4O2/c19-18-20-10-9-15-13-3-1-2-4-14(13)21-17(22(15)18)16(24)11-5-7-12(23)8-6-11/h1-10,19,23H. The molecule has 2 heterocycles. The molecule has 0 aliphatic carbocycles. The lowest BCUT2D eigenvalue weighted by atomic mass is 10.1. The number of nitrogens with one attached hydrogen (secondary N) is 1. The molecule has 0 unspecified atom stereocenters. The largest absolute Gasteiger partial charge is 0.508 e. The maximum absolute atomic E-state index is 12.9. The van der Waals surface area contributed by atoms with Gasteiger partial charge in [-0.2, -0.15) is 0 Å². The Kier molecular flexibility index (Phi) is 3.09. The summed E-state index contributed by atoms with van der Waals surface area (Å²) in [5.41, 5.74) is 1.69. The maximum atomic E-state index is 12.9. The van der Waals surface area contributed by atoms with E-state index in [4.69, 9.17) is 5.41 Å². The number of carbonyl (C=O) groups is 1. The second-order valence-electron chi connectivity index (χ2n) is 5.32. The number of carbonyl (C=O) groups excluding carboxylic acids is 1. The van der Waals surface area contributed by atoms with Crippen LogP contribution in [0.15, 0.2) is 60.8 Å². The van der Waals surface area contributed by atoms with E-state index in [0.717, 1.165) is 5.39 Å². The van der Waals surface area contributed by atoms with Crippen LogP contribution in [0.4, 0.5) is 0 Å². The van der Waals surface area contributed by atoms with Gasteiger partial charge in [-0.15, -0.1) is 0 Å². The number of benzene rings is 2. The molecular formula is C18H12N4O2. The smallest absolute Gasteiger partial charge is 0.228 e. The Labute approximate surface area is 136 Å². The van der Waals surface area contributed by atoms with Crippen LogP contribution in [0.1, 0.15) is 16.2 Å². The number of aromatic hydroxyl groups is 1. The van der Waals surface area contributed by atoms with Gasteiger partial charge in [-0.3, -0.25) is 14.6 Å². The van der Waals surface area contributed by atoms with Crippen LogP contribution in [0.25, 0.3) is 16.4 Å². The molecule has 0 atom stereocenters. The topological polar surface area (TPSA) is 91.3 Å². The van der Waals surface area contributed by atoms with Crippen LogP contribution in [0.5, 0.6) is 5.75 Å². The first-order valence-electron chi connectivity index (χ1n) is 7.30. The Balaban J connectivity index is 2.08. The van der Waals surface area contributed by atoms with Gasteiger partial charge in [-0.05, 0) is 36.4 Å². The van der Waals surface area contributed by atoms with Crippen LogP contribution in [-0.2, 0) is 0 Å². The highest BCUT2D eigenvalue weighted by molar-refractivity contribution is 6.09. The molecule has 2 aromatic heterocycles. The molecule has 0 spiro atoms. The number of phenols is 1. The average Bonchev–Trinajstić information content (AvgIpc) is 2.61. The molecule has 6 nitrogen and oxygen atoms in total. The van der Waals surface area contributed by atoms with Gasteiger partial charge in [0.05, 0.1) is 11.0 Å². The summed E-state index contributed by atoms with van der Waals surface area (Å²) in [6, 6.07) is 15.2. The van der Waals surface area contributed by atoms with E-state index in [-0.39, 0.29) is 23.0 Å². The Bertz CT molecular complexity index is 1150. The van der Waals surface area contributed by atoms with Crippen LogP contribution in [0.2, 0.25) is 0 Å². The summed E-state index contributed by atoms with van der Waals surface area (Å²) in [6.45, 7) is 0. The van der Waals surface area contributed by atoms with E-state index >= 15 is 0 Å². The minimum atomic E-state index is -0.336. The molecule has 0 radical (unpaired) electrons. The maximum Gasteiger partial charge on any atom is 0.228 e. The minimum absolute atomic E-state index is 0.0621. The lowest BCUT2D eigenvalue weighted by Crippen LogP contribution is -2.24. The van der Waals surface area contributed by atoms with Crippen molar-refractivity contribution in [3.8, 4) is 5.75 Å². The number of hydrogen-bond donors (Lipinski definition) is 2. The molecule has 0 aliphatic rings. The molecule has 0 bridgehead atoms. The fourth-order valence-electron chi connectivity index (χ4n) is 2.70. The number of hydrogen-bond acceptors (Lipinski definition) is 5. The lowest BCUT2D eigenvalue weighted by molar-refractivity contribution is 0.102. The third-order valence-electron chi connectivity index (χ3n) is 3.83. The number of ketones is 1. The van der Waals surface area contributed by atoms with Gasteiger partial charge in [0, 0.05) is 17.1 Å². The van der Waals surface area contributed by atoms with Gasteiger partial charge in [0.15, 0.2) is 5.82 Å². The number of para-hydroxylation sites is 1. The molecule has 0 amide bonds. The van der Waals surface area contributed by atoms with Crippen molar-refractivity contribution >= 4 is 22.2 Å². The molecule has 4 aromatic rings. The summed E-state index contributed by atoms with van der Waals surface area (Å²) in [5.74, 6) is -0.136. The predicted molar refractivity (Wildman–Crippen MR) is 87.9 cm³/mol. The number of rotatable bonds is 2. The van der Waals surface area contributed by atoms with Crippen LogP contribution in [-0.4, -0.2) is 25.3 Å². The first-order chi connectivity index (χ1) is 11.6. The summed E-state index contributed by atoms with van der Waals surface area (Å²) < 4.78 is 1.44. The number of phenolic OH excluding ortho intramolecular Hbond substituents is 1. The van der Waals surface area contributed by atoms with Crippen molar-refractivity contribution in [2.75, 3.05) is 0 Å². The van der Waals surface area contributed by atoms with Gasteiger partial charge < -0.3 is 5.11 Å². The summed E-state index contributed by atoms with van der Waals surface area (Å²) in [5, 5.41) is 18.3. The normalized spacial score (nSPS) is 11.0. The molecule has 6 heteroatoms. The van der Waals surface area contributed by atoms with Gasteiger partial charge >= 0.3 is 0 Å². The van der Waals surface area contributed by atoms with Crippen LogP contribution in [0.3, 0.4) is 0 Å².